The molecule has 0 aliphatic carbocycles. The molecule has 1 fully saturated rings. The van der Waals surface area contributed by atoms with Gasteiger partial charge in [0.15, 0.2) is 5.76 Å². The standard InChI is InChI=1S/C23H20N4O2/c28-23(27-14-12-26(13-15-27)19-8-10-24-11-9-19)18-6-7-21-20(16-18)22(29-25-21)17-4-2-1-3-5-17/h1-11,16H,12-15H2. The van der Waals surface area contributed by atoms with E-state index in [2.05, 4.69) is 15.0 Å². The first kappa shape index (κ1) is 17.4. The van der Waals surface area contributed by atoms with Crippen molar-refractivity contribution in [2.45, 2.75) is 0 Å². The summed E-state index contributed by atoms with van der Waals surface area (Å²) >= 11 is 0. The minimum atomic E-state index is 0.0430. The average molecular weight is 384 g/mol. The Balaban J connectivity index is 1.36. The van der Waals surface area contributed by atoms with Gasteiger partial charge in [0.05, 0.1) is 5.39 Å². The Hall–Kier alpha value is -3.67. The number of carbonyl (C=O) groups excluding carboxylic acids is 1. The molecule has 6 nitrogen and oxygen atoms in total. The van der Waals surface area contributed by atoms with Crippen molar-refractivity contribution >= 4 is 22.5 Å². The minimum Gasteiger partial charge on any atom is -0.368 e. The summed E-state index contributed by atoms with van der Waals surface area (Å²) in [4.78, 5) is 21.4. The molecule has 3 heterocycles. The molecule has 0 radical (unpaired) electrons. The Kier molecular flexibility index (Phi) is 4.44. The van der Waals surface area contributed by atoms with Crippen molar-refractivity contribution in [1.29, 1.82) is 0 Å². The van der Waals surface area contributed by atoms with Gasteiger partial charge in [0.25, 0.3) is 5.91 Å². The van der Waals surface area contributed by atoms with Gasteiger partial charge in [-0.25, -0.2) is 0 Å². The van der Waals surface area contributed by atoms with E-state index in [4.69, 9.17) is 4.52 Å². The van der Waals surface area contributed by atoms with Crippen LogP contribution in [0.3, 0.4) is 0 Å². The zero-order valence-electron chi connectivity index (χ0n) is 15.9. The van der Waals surface area contributed by atoms with Crippen molar-refractivity contribution in [3.05, 3.63) is 78.6 Å². The molecule has 1 aliphatic rings. The first-order chi connectivity index (χ1) is 14.3. The van der Waals surface area contributed by atoms with E-state index in [9.17, 15) is 4.79 Å². The molecule has 0 atom stereocenters. The molecule has 2 aromatic heterocycles. The predicted octanol–water partition coefficient (Wildman–Crippen LogP) is 3.85. The zero-order chi connectivity index (χ0) is 19.6. The van der Waals surface area contributed by atoms with Gasteiger partial charge in [-0.1, -0.05) is 35.5 Å². The number of fused-ring (bicyclic) bond motifs is 1. The summed E-state index contributed by atoms with van der Waals surface area (Å²) in [6.07, 6.45) is 3.59. The maximum Gasteiger partial charge on any atom is 0.254 e. The largest absolute Gasteiger partial charge is 0.368 e. The van der Waals surface area contributed by atoms with E-state index in [1.807, 2.05) is 65.6 Å². The van der Waals surface area contributed by atoms with Crippen LogP contribution in [0.25, 0.3) is 22.2 Å². The van der Waals surface area contributed by atoms with Crippen LogP contribution in [0, 0.1) is 0 Å². The van der Waals surface area contributed by atoms with Crippen LogP contribution in [0.5, 0.6) is 0 Å². The van der Waals surface area contributed by atoms with E-state index in [-0.39, 0.29) is 5.91 Å². The molecule has 1 saturated heterocycles. The molecule has 0 N–H and O–H groups in total. The Morgan fingerprint density at radius 1 is 0.897 bits per heavy atom. The smallest absolute Gasteiger partial charge is 0.254 e. The highest BCUT2D eigenvalue weighted by molar-refractivity contribution is 6.01. The quantitative estimate of drug-likeness (QED) is 0.537. The number of hydrogen-bond donors (Lipinski definition) is 0. The van der Waals surface area contributed by atoms with Crippen LogP contribution in [-0.2, 0) is 0 Å². The molecule has 6 heteroatoms. The van der Waals surface area contributed by atoms with E-state index < -0.39 is 0 Å². The monoisotopic (exact) mass is 384 g/mol. The Morgan fingerprint density at radius 3 is 2.41 bits per heavy atom. The van der Waals surface area contributed by atoms with Gasteiger partial charge < -0.3 is 14.3 Å². The molecule has 29 heavy (non-hydrogen) atoms. The molecule has 0 saturated carbocycles. The number of benzene rings is 2. The maximum atomic E-state index is 13.1. The summed E-state index contributed by atoms with van der Waals surface area (Å²) in [5, 5.41) is 5.00. The molecule has 1 aliphatic heterocycles. The third-order valence-corrected chi connectivity index (χ3v) is 5.35. The SMILES string of the molecule is O=C(c1ccc2noc(-c3ccccc3)c2c1)N1CCN(c2ccncc2)CC1. The highest BCUT2D eigenvalue weighted by Gasteiger charge is 2.23. The number of nitrogens with zero attached hydrogens (tertiary/aromatic N) is 4. The highest BCUT2D eigenvalue weighted by Crippen LogP contribution is 2.29. The molecule has 5 rings (SSSR count). The van der Waals surface area contributed by atoms with Crippen molar-refractivity contribution in [3.8, 4) is 11.3 Å². The molecule has 0 unspecified atom stereocenters. The molecular weight excluding hydrogens is 364 g/mol. The number of rotatable bonds is 3. The first-order valence-electron chi connectivity index (χ1n) is 9.69. The summed E-state index contributed by atoms with van der Waals surface area (Å²) < 4.78 is 5.56. The normalized spacial score (nSPS) is 14.3. The fraction of sp³-hybridized carbons (Fsp3) is 0.174. The second kappa shape index (κ2) is 7.39. The molecular formula is C23H20N4O2. The number of amides is 1. The third kappa shape index (κ3) is 3.33. The van der Waals surface area contributed by atoms with Gasteiger partial charge in [-0.15, -0.1) is 0 Å². The Morgan fingerprint density at radius 2 is 1.66 bits per heavy atom. The van der Waals surface area contributed by atoms with Crippen molar-refractivity contribution in [3.63, 3.8) is 0 Å². The van der Waals surface area contributed by atoms with Gasteiger partial charge in [-0.3, -0.25) is 9.78 Å². The van der Waals surface area contributed by atoms with Crippen LogP contribution < -0.4 is 4.90 Å². The summed E-state index contributed by atoms with van der Waals surface area (Å²) in [6.45, 7) is 2.99. The van der Waals surface area contributed by atoms with Crippen LogP contribution in [0.15, 0.2) is 77.6 Å². The summed E-state index contributed by atoms with van der Waals surface area (Å²) in [5.74, 6) is 0.735. The number of piperazine rings is 1. The lowest BCUT2D eigenvalue weighted by molar-refractivity contribution is 0.0747. The molecule has 0 bridgehead atoms. The molecule has 2 aromatic carbocycles. The maximum absolute atomic E-state index is 13.1. The third-order valence-electron chi connectivity index (χ3n) is 5.35. The van der Waals surface area contributed by atoms with E-state index in [1.165, 1.54) is 0 Å². The van der Waals surface area contributed by atoms with E-state index in [0.29, 0.717) is 24.4 Å². The van der Waals surface area contributed by atoms with E-state index in [0.717, 1.165) is 35.2 Å². The second-order valence-electron chi connectivity index (χ2n) is 7.09. The summed E-state index contributed by atoms with van der Waals surface area (Å²) in [7, 11) is 0. The van der Waals surface area contributed by atoms with Crippen LogP contribution in [0.2, 0.25) is 0 Å². The van der Waals surface area contributed by atoms with Crippen LogP contribution in [0.1, 0.15) is 10.4 Å². The summed E-state index contributed by atoms with van der Waals surface area (Å²) in [5.41, 5.74) is 3.51. The van der Waals surface area contributed by atoms with Gasteiger partial charge in [-0.2, -0.15) is 0 Å². The fourth-order valence-corrected chi connectivity index (χ4v) is 3.78. The number of carbonyl (C=O) groups is 1. The number of hydrogen-bond acceptors (Lipinski definition) is 5. The fourth-order valence-electron chi connectivity index (χ4n) is 3.78. The highest BCUT2D eigenvalue weighted by atomic mass is 16.5. The summed E-state index contributed by atoms with van der Waals surface area (Å²) in [6, 6.07) is 19.4. The number of anilines is 1. The lowest BCUT2D eigenvalue weighted by Crippen LogP contribution is -2.48. The van der Waals surface area contributed by atoms with Gasteiger partial charge in [-0.05, 0) is 30.3 Å². The topological polar surface area (TPSA) is 62.5 Å². The first-order valence-corrected chi connectivity index (χ1v) is 9.69. The van der Waals surface area contributed by atoms with Crippen molar-refractivity contribution in [1.82, 2.24) is 15.0 Å². The minimum absolute atomic E-state index is 0.0430. The molecule has 144 valence electrons. The molecule has 4 aromatic rings. The van der Waals surface area contributed by atoms with Gasteiger partial charge in [0, 0.05) is 55.4 Å². The Labute approximate surface area is 168 Å². The van der Waals surface area contributed by atoms with Crippen molar-refractivity contribution < 1.29 is 9.32 Å². The van der Waals surface area contributed by atoms with Crippen LogP contribution in [-0.4, -0.2) is 47.1 Å². The van der Waals surface area contributed by atoms with Gasteiger partial charge in [0.2, 0.25) is 0 Å². The molecule has 0 spiro atoms. The lowest BCUT2D eigenvalue weighted by Gasteiger charge is -2.36. The predicted molar refractivity (Wildman–Crippen MR) is 112 cm³/mol. The lowest BCUT2D eigenvalue weighted by atomic mass is 10.1. The zero-order valence-corrected chi connectivity index (χ0v) is 15.9. The van der Waals surface area contributed by atoms with Gasteiger partial charge in [0.1, 0.15) is 5.52 Å². The molecule has 1 amide bonds. The average Bonchev–Trinajstić information content (AvgIpc) is 3.23. The Bertz CT molecular complexity index is 1130. The number of aromatic nitrogens is 2. The van der Waals surface area contributed by atoms with Crippen molar-refractivity contribution in [2.24, 2.45) is 0 Å². The number of pyridine rings is 1. The van der Waals surface area contributed by atoms with E-state index >= 15 is 0 Å². The van der Waals surface area contributed by atoms with E-state index in [1.54, 1.807) is 12.4 Å². The van der Waals surface area contributed by atoms with Crippen LogP contribution >= 0.6 is 0 Å². The van der Waals surface area contributed by atoms with Crippen LogP contribution in [0.4, 0.5) is 5.69 Å². The van der Waals surface area contributed by atoms with Crippen molar-refractivity contribution in [2.75, 3.05) is 31.1 Å². The van der Waals surface area contributed by atoms with Gasteiger partial charge >= 0.3 is 0 Å². The second-order valence-corrected chi connectivity index (χ2v) is 7.09.